The van der Waals surface area contributed by atoms with E-state index in [4.69, 9.17) is 0 Å². The van der Waals surface area contributed by atoms with E-state index >= 15 is 0 Å². The van der Waals surface area contributed by atoms with Gasteiger partial charge in [0.05, 0.1) is 4.90 Å². The van der Waals surface area contributed by atoms with Gasteiger partial charge in [-0.25, -0.2) is 8.42 Å². The van der Waals surface area contributed by atoms with Gasteiger partial charge >= 0.3 is 51.4 Å². The molecule has 1 aromatic carbocycles. The number of aryl methyl sites for hydroxylation is 2. The SMILES string of the molecule is Cc1cc(C)c(S(=O)(=O)[O-])c(C)c1C.[K+]. The Hall–Kier alpha value is 0.766. The maximum atomic E-state index is 11.0. The molecule has 3 nitrogen and oxygen atoms in total. The predicted octanol–water partition coefficient (Wildman–Crippen LogP) is -1.17. The minimum Gasteiger partial charge on any atom is -0.744 e. The van der Waals surface area contributed by atoms with Gasteiger partial charge in [-0.1, -0.05) is 6.07 Å². The molecule has 0 saturated heterocycles. The van der Waals surface area contributed by atoms with E-state index in [9.17, 15) is 13.0 Å². The molecule has 0 bridgehead atoms. The number of hydrogen-bond donors (Lipinski definition) is 0. The first-order valence-corrected chi connectivity index (χ1v) is 5.69. The molecule has 0 amide bonds. The fraction of sp³-hybridized carbons (Fsp3) is 0.400. The third-order valence-corrected chi connectivity index (χ3v) is 3.66. The quantitative estimate of drug-likeness (QED) is 0.467. The Bertz CT molecular complexity index is 478. The summed E-state index contributed by atoms with van der Waals surface area (Å²) in [6, 6.07) is 1.73. The first kappa shape index (κ1) is 15.8. The minimum absolute atomic E-state index is 0. The van der Waals surface area contributed by atoms with Crippen molar-refractivity contribution in [3.8, 4) is 0 Å². The number of hydrogen-bond acceptors (Lipinski definition) is 3. The Labute approximate surface area is 133 Å². The zero-order valence-corrected chi connectivity index (χ0v) is 13.6. The standard InChI is InChI=1S/C10H14O3S.K/c1-6-5-7(2)10(14(11,12)13)9(4)8(6)3;/h5H,1-4H3,(H,11,12,13);/q;+1/p-1. The van der Waals surface area contributed by atoms with Crippen LogP contribution in [0.2, 0.25) is 0 Å². The summed E-state index contributed by atoms with van der Waals surface area (Å²) in [7, 11) is -4.35. The fourth-order valence-electron chi connectivity index (χ4n) is 1.65. The molecule has 1 rings (SSSR count). The summed E-state index contributed by atoms with van der Waals surface area (Å²) in [5, 5.41) is 0. The second-order valence-electron chi connectivity index (χ2n) is 3.54. The van der Waals surface area contributed by atoms with Crippen molar-refractivity contribution in [2.45, 2.75) is 32.6 Å². The number of benzene rings is 1. The molecule has 1 aromatic rings. The van der Waals surface area contributed by atoms with E-state index in [1.165, 1.54) is 0 Å². The molecular weight excluding hydrogens is 239 g/mol. The average molecular weight is 252 g/mol. The topological polar surface area (TPSA) is 57.2 Å². The fourth-order valence-corrected chi connectivity index (χ4v) is 2.63. The van der Waals surface area contributed by atoms with Crippen molar-refractivity contribution in [3.63, 3.8) is 0 Å². The van der Waals surface area contributed by atoms with Crippen molar-refractivity contribution in [1.29, 1.82) is 0 Å². The molecule has 0 N–H and O–H groups in total. The molecule has 0 aliphatic carbocycles. The molecular formula is C10H13KO3S. The maximum Gasteiger partial charge on any atom is 1.00 e. The average Bonchev–Trinajstić information content (AvgIpc) is 1.97. The van der Waals surface area contributed by atoms with Crippen molar-refractivity contribution in [2.75, 3.05) is 0 Å². The summed E-state index contributed by atoms with van der Waals surface area (Å²) < 4.78 is 32.9. The molecule has 0 fully saturated rings. The van der Waals surface area contributed by atoms with E-state index in [-0.39, 0.29) is 56.3 Å². The van der Waals surface area contributed by atoms with E-state index in [1.54, 1.807) is 19.9 Å². The molecule has 5 heteroatoms. The Balaban J connectivity index is 0.00000196. The molecule has 0 radical (unpaired) electrons. The van der Waals surface area contributed by atoms with E-state index in [2.05, 4.69) is 0 Å². The van der Waals surface area contributed by atoms with Gasteiger partial charge in [0.25, 0.3) is 0 Å². The Morgan fingerprint density at radius 2 is 1.47 bits per heavy atom. The van der Waals surface area contributed by atoms with E-state index < -0.39 is 10.1 Å². The first-order chi connectivity index (χ1) is 6.25. The van der Waals surface area contributed by atoms with E-state index in [1.807, 2.05) is 13.8 Å². The zero-order chi connectivity index (χ0) is 11.1. The van der Waals surface area contributed by atoms with Crippen LogP contribution in [0.1, 0.15) is 22.3 Å². The summed E-state index contributed by atoms with van der Waals surface area (Å²) in [4.78, 5) is -0.0689. The summed E-state index contributed by atoms with van der Waals surface area (Å²) in [6.07, 6.45) is 0. The molecule has 0 aromatic heterocycles. The van der Waals surface area contributed by atoms with Crippen molar-refractivity contribution in [1.82, 2.24) is 0 Å². The van der Waals surface area contributed by atoms with Crippen LogP contribution in [-0.4, -0.2) is 13.0 Å². The van der Waals surface area contributed by atoms with Gasteiger partial charge in [-0.2, -0.15) is 0 Å². The van der Waals surface area contributed by atoms with Crippen molar-refractivity contribution in [3.05, 3.63) is 28.3 Å². The van der Waals surface area contributed by atoms with Gasteiger partial charge in [0, 0.05) is 0 Å². The van der Waals surface area contributed by atoms with Crippen LogP contribution in [0.25, 0.3) is 0 Å². The summed E-state index contributed by atoms with van der Waals surface area (Å²) in [5.41, 5.74) is 2.97. The van der Waals surface area contributed by atoms with Crippen molar-refractivity contribution in [2.24, 2.45) is 0 Å². The molecule has 0 spiro atoms. The van der Waals surface area contributed by atoms with Crippen LogP contribution in [0.3, 0.4) is 0 Å². The molecule has 0 aliphatic heterocycles. The van der Waals surface area contributed by atoms with Crippen LogP contribution in [0.4, 0.5) is 0 Å². The zero-order valence-electron chi connectivity index (χ0n) is 9.71. The van der Waals surface area contributed by atoms with Crippen LogP contribution in [-0.2, 0) is 10.1 Å². The normalized spacial score (nSPS) is 11.0. The maximum absolute atomic E-state index is 11.0. The molecule has 15 heavy (non-hydrogen) atoms. The molecule has 0 unspecified atom stereocenters. The largest absolute Gasteiger partial charge is 1.00 e. The van der Waals surface area contributed by atoms with Gasteiger partial charge in [-0.3, -0.25) is 0 Å². The van der Waals surface area contributed by atoms with Crippen LogP contribution < -0.4 is 51.4 Å². The third kappa shape index (κ3) is 3.36. The third-order valence-electron chi connectivity index (χ3n) is 2.54. The predicted molar refractivity (Wildman–Crippen MR) is 53.4 cm³/mol. The van der Waals surface area contributed by atoms with Gasteiger partial charge in [-0.15, -0.1) is 0 Å². The van der Waals surface area contributed by atoms with Gasteiger partial charge in [-0.05, 0) is 49.9 Å². The number of rotatable bonds is 1. The minimum atomic E-state index is -4.35. The van der Waals surface area contributed by atoms with Crippen LogP contribution in [0.5, 0.6) is 0 Å². The molecule has 0 aliphatic rings. The van der Waals surface area contributed by atoms with Crippen LogP contribution in [0, 0.1) is 27.7 Å². The van der Waals surface area contributed by atoms with Crippen molar-refractivity contribution < 1.29 is 64.4 Å². The molecule has 0 heterocycles. The molecule has 0 atom stereocenters. The summed E-state index contributed by atoms with van der Waals surface area (Å²) in [5.74, 6) is 0. The monoisotopic (exact) mass is 252 g/mol. The van der Waals surface area contributed by atoms with Gasteiger partial charge in [0.1, 0.15) is 10.1 Å². The Morgan fingerprint density at radius 3 is 1.87 bits per heavy atom. The van der Waals surface area contributed by atoms with Gasteiger partial charge in [0.15, 0.2) is 0 Å². The summed E-state index contributed by atoms with van der Waals surface area (Å²) in [6.45, 7) is 7.03. The Kier molecular flexibility index (Phi) is 5.67. The van der Waals surface area contributed by atoms with E-state index in [0.29, 0.717) is 11.1 Å². The van der Waals surface area contributed by atoms with Gasteiger partial charge in [0.2, 0.25) is 0 Å². The van der Waals surface area contributed by atoms with Crippen molar-refractivity contribution >= 4 is 10.1 Å². The second kappa shape index (κ2) is 5.40. The van der Waals surface area contributed by atoms with Crippen LogP contribution >= 0.6 is 0 Å². The van der Waals surface area contributed by atoms with Crippen LogP contribution in [0.15, 0.2) is 11.0 Å². The molecule has 78 valence electrons. The van der Waals surface area contributed by atoms with Gasteiger partial charge < -0.3 is 4.55 Å². The Morgan fingerprint density at radius 1 is 1.00 bits per heavy atom. The first-order valence-electron chi connectivity index (χ1n) is 4.28. The molecule has 0 saturated carbocycles. The van der Waals surface area contributed by atoms with E-state index in [0.717, 1.165) is 11.1 Å². The summed E-state index contributed by atoms with van der Waals surface area (Å²) >= 11 is 0. The smallest absolute Gasteiger partial charge is 0.744 e. The second-order valence-corrected chi connectivity index (χ2v) is 4.86.